The van der Waals surface area contributed by atoms with E-state index in [4.69, 9.17) is 14.7 Å². The van der Waals surface area contributed by atoms with Crippen molar-refractivity contribution >= 4 is 17.1 Å². The number of nitrogens with zero attached hydrogens (tertiary/aromatic N) is 2. The van der Waals surface area contributed by atoms with Gasteiger partial charge in [-0.05, 0) is 54.8 Å². The molecule has 126 valence electrons. The maximum atomic E-state index is 10.8. The van der Waals surface area contributed by atoms with Crippen LogP contribution in [0.15, 0.2) is 41.5 Å². The van der Waals surface area contributed by atoms with E-state index >= 15 is 0 Å². The van der Waals surface area contributed by atoms with Gasteiger partial charge in [-0.15, -0.1) is 0 Å². The maximum Gasteiger partial charge on any atom is 0.161 e. The fourth-order valence-electron chi connectivity index (χ4n) is 2.70. The Hall–Kier alpha value is -2.77. The van der Waals surface area contributed by atoms with Crippen molar-refractivity contribution in [3.8, 4) is 11.5 Å². The molecule has 2 N–H and O–H groups in total. The van der Waals surface area contributed by atoms with Crippen molar-refractivity contribution in [2.45, 2.75) is 12.8 Å². The molecule has 7 heteroatoms. The largest absolute Gasteiger partial charge is 0.733 e. The maximum absolute atomic E-state index is 10.8. The Balaban J connectivity index is 1.81. The van der Waals surface area contributed by atoms with Crippen molar-refractivity contribution in [3.63, 3.8) is 0 Å². The van der Waals surface area contributed by atoms with E-state index in [0.717, 1.165) is 29.8 Å². The van der Waals surface area contributed by atoms with Crippen LogP contribution in [0.2, 0.25) is 0 Å². The highest BCUT2D eigenvalue weighted by Crippen LogP contribution is 2.35. The number of methoxy groups -OCH3 is 2. The summed E-state index contributed by atoms with van der Waals surface area (Å²) >= 11 is 0. The van der Waals surface area contributed by atoms with Gasteiger partial charge in [0.25, 0.3) is 0 Å². The Labute approximate surface area is 139 Å². The van der Waals surface area contributed by atoms with Crippen LogP contribution in [0.4, 0.5) is 11.4 Å². The topological polar surface area (TPSA) is 89.4 Å². The molecule has 0 aromatic heterocycles. The van der Waals surface area contributed by atoms with Crippen LogP contribution >= 0.6 is 0 Å². The van der Waals surface area contributed by atoms with Crippen LogP contribution in [0.5, 0.6) is 11.5 Å². The highest BCUT2D eigenvalue weighted by Gasteiger charge is 2.21. The smallest absolute Gasteiger partial charge is 0.161 e. The second-order valence-electron chi connectivity index (χ2n) is 5.35. The van der Waals surface area contributed by atoms with Crippen molar-refractivity contribution in [2.75, 3.05) is 24.9 Å². The molecule has 0 bridgehead atoms. The third-order valence-corrected chi connectivity index (χ3v) is 3.96. The lowest BCUT2D eigenvalue weighted by atomic mass is 10.1. The first-order valence-corrected chi connectivity index (χ1v) is 7.46. The van der Waals surface area contributed by atoms with Crippen molar-refractivity contribution < 1.29 is 14.7 Å². The Bertz CT molecular complexity index is 757. The molecule has 0 amide bonds. The van der Waals surface area contributed by atoms with Gasteiger partial charge in [0.2, 0.25) is 0 Å². The molecule has 2 aromatic rings. The van der Waals surface area contributed by atoms with Crippen LogP contribution in [0.25, 0.3) is 0 Å². The van der Waals surface area contributed by atoms with E-state index in [0.29, 0.717) is 11.5 Å². The van der Waals surface area contributed by atoms with Crippen LogP contribution in [0.1, 0.15) is 17.5 Å². The number of nitrogens with one attached hydrogen (secondary N) is 1. The van der Waals surface area contributed by atoms with Gasteiger partial charge in [-0.2, -0.15) is 5.10 Å². The van der Waals surface area contributed by atoms with E-state index in [1.54, 1.807) is 26.4 Å². The molecule has 3 rings (SSSR count). The minimum atomic E-state index is -0.178. The van der Waals surface area contributed by atoms with Gasteiger partial charge in [0.05, 0.1) is 31.3 Å². The van der Waals surface area contributed by atoms with Crippen LogP contribution in [0, 0.1) is 5.21 Å². The van der Waals surface area contributed by atoms with Gasteiger partial charge < -0.3 is 19.9 Å². The van der Waals surface area contributed by atoms with Gasteiger partial charge in [0, 0.05) is 5.56 Å². The zero-order valence-corrected chi connectivity index (χ0v) is 13.4. The van der Waals surface area contributed by atoms with Gasteiger partial charge in [0.15, 0.2) is 11.5 Å². The SMILES string of the molecule is COc1cc2c(cc1OC)C(=NNc1ccc(N([O-])O)cc1)CC2. The molecule has 0 spiro atoms. The molecular formula is C17H18N3O4-. The monoisotopic (exact) mass is 328 g/mol. The molecule has 0 fully saturated rings. The average Bonchev–Trinajstić information content (AvgIpc) is 3.00. The van der Waals surface area contributed by atoms with Crippen LogP contribution in [-0.2, 0) is 6.42 Å². The normalized spacial score (nSPS) is 14.4. The highest BCUT2D eigenvalue weighted by atomic mass is 16.8. The standard InChI is InChI=1S/C17H18N3O4/c1-23-16-9-11-3-8-15(14(11)10-17(16)24-2)19-18-12-4-6-13(7-5-12)20(21)22/h4-7,9-10,18,21H,3,8H2,1-2H3/q-1. The quantitative estimate of drug-likeness (QED) is 0.820. The molecule has 1 aliphatic carbocycles. The van der Waals surface area contributed by atoms with Gasteiger partial charge >= 0.3 is 0 Å². The number of benzene rings is 2. The molecule has 0 radical (unpaired) electrons. The molecule has 2 aromatic carbocycles. The van der Waals surface area contributed by atoms with Crippen LogP contribution in [-0.4, -0.2) is 25.1 Å². The van der Waals surface area contributed by atoms with E-state index in [1.165, 1.54) is 17.7 Å². The molecule has 0 heterocycles. The summed E-state index contributed by atoms with van der Waals surface area (Å²) in [4.78, 5) is 0. The summed E-state index contributed by atoms with van der Waals surface area (Å²) in [5.41, 5.74) is 7.01. The lowest BCUT2D eigenvalue weighted by Crippen LogP contribution is -2.06. The van der Waals surface area contributed by atoms with Crippen molar-refractivity contribution in [1.29, 1.82) is 0 Å². The number of rotatable bonds is 5. The molecule has 7 nitrogen and oxygen atoms in total. The fraction of sp³-hybridized carbons (Fsp3) is 0.235. The Kier molecular flexibility index (Phi) is 4.54. The summed E-state index contributed by atoms with van der Waals surface area (Å²) in [5, 5.41) is 23.9. The van der Waals surface area contributed by atoms with E-state index in [9.17, 15) is 5.21 Å². The molecule has 0 unspecified atom stereocenters. The highest BCUT2D eigenvalue weighted by molar-refractivity contribution is 6.05. The van der Waals surface area contributed by atoms with Gasteiger partial charge in [0.1, 0.15) is 0 Å². The molecule has 0 saturated heterocycles. The third-order valence-electron chi connectivity index (χ3n) is 3.96. The van der Waals surface area contributed by atoms with E-state index in [-0.39, 0.29) is 10.9 Å². The van der Waals surface area contributed by atoms with Gasteiger partial charge in [-0.3, -0.25) is 10.6 Å². The van der Waals surface area contributed by atoms with E-state index < -0.39 is 0 Å². The van der Waals surface area contributed by atoms with E-state index in [2.05, 4.69) is 10.5 Å². The molecule has 1 aliphatic rings. The Morgan fingerprint density at radius 1 is 1.08 bits per heavy atom. The zero-order valence-electron chi connectivity index (χ0n) is 13.4. The number of hydrogen-bond acceptors (Lipinski definition) is 7. The summed E-state index contributed by atoms with van der Waals surface area (Å²) in [6, 6.07) is 10.3. The summed E-state index contributed by atoms with van der Waals surface area (Å²) in [6.07, 6.45) is 1.71. The van der Waals surface area contributed by atoms with Crippen molar-refractivity contribution in [2.24, 2.45) is 5.10 Å². The summed E-state index contributed by atoms with van der Waals surface area (Å²) in [5.74, 6) is 1.39. The molecule has 0 atom stereocenters. The molecule has 0 saturated carbocycles. The minimum Gasteiger partial charge on any atom is -0.733 e. The number of aryl methyl sites for hydroxylation is 1. The third kappa shape index (κ3) is 3.12. The predicted octanol–water partition coefficient (Wildman–Crippen LogP) is 3.16. The van der Waals surface area contributed by atoms with Crippen LogP contribution < -0.4 is 20.1 Å². The number of hydrazone groups is 1. The van der Waals surface area contributed by atoms with Gasteiger partial charge in [-0.25, -0.2) is 0 Å². The Morgan fingerprint density at radius 3 is 2.38 bits per heavy atom. The second kappa shape index (κ2) is 6.77. The fourth-order valence-corrected chi connectivity index (χ4v) is 2.70. The molecular weight excluding hydrogens is 310 g/mol. The summed E-state index contributed by atoms with van der Waals surface area (Å²) < 4.78 is 10.7. The Morgan fingerprint density at radius 2 is 1.75 bits per heavy atom. The number of fused-ring (bicyclic) bond motifs is 1. The lowest BCUT2D eigenvalue weighted by Gasteiger charge is -2.21. The molecule has 24 heavy (non-hydrogen) atoms. The summed E-state index contributed by atoms with van der Waals surface area (Å²) in [6.45, 7) is 0. The van der Waals surface area contributed by atoms with Crippen molar-refractivity contribution in [1.82, 2.24) is 0 Å². The number of ether oxygens (including phenoxy) is 2. The van der Waals surface area contributed by atoms with Crippen molar-refractivity contribution in [3.05, 3.63) is 52.7 Å². The van der Waals surface area contributed by atoms with Crippen LogP contribution in [0.3, 0.4) is 0 Å². The number of hydrogen-bond donors (Lipinski definition) is 2. The van der Waals surface area contributed by atoms with Gasteiger partial charge in [-0.1, -0.05) is 0 Å². The first kappa shape index (κ1) is 16.1. The second-order valence-corrected chi connectivity index (χ2v) is 5.35. The first-order chi connectivity index (χ1) is 11.6. The summed E-state index contributed by atoms with van der Waals surface area (Å²) in [7, 11) is 3.23. The molecule has 0 aliphatic heterocycles. The number of anilines is 2. The lowest BCUT2D eigenvalue weighted by molar-refractivity contribution is 0.296. The van der Waals surface area contributed by atoms with E-state index in [1.807, 2.05) is 12.1 Å². The zero-order chi connectivity index (χ0) is 17.1. The predicted molar refractivity (Wildman–Crippen MR) is 92.1 cm³/mol. The first-order valence-electron chi connectivity index (χ1n) is 7.46. The minimum absolute atomic E-state index is 0.163. The average molecular weight is 328 g/mol.